The molecule has 0 bridgehead atoms. The lowest BCUT2D eigenvalue weighted by atomic mass is 10.2. The van der Waals surface area contributed by atoms with Crippen LogP contribution in [0.1, 0.15) is 25.0 Å². The second-order valence-corrected chi connectivity index (χ2v) is 6.91. The number of halogens is 3. The largest absolute Gasteiger partial charge is 0.402 e. The van der Waals surface area contributed by atoms with Gasteiger partial charge in [-0.3, -0.25) is 0 Å². The van der Waals surface area contributed by atoms with Gasteiger partial charge in [-0.2, -0.15) is 17.5 Å². The fourth-order valence-electron chi connectivity index (χ4n) is 1.81. The van der Waals surface area contributed by atoms with Crippen molar-refractivity contribution in [3.63, 3.8) is 0 Å². The van der Waals surface area contributed by atoms with E-state index in [9.17, 15) is 21.6 Å². The number of rotatable bonds is 6. The minimum Gasteiger partial charge on any atom is -0.392 e. The minimum absolute atomic E-state index is 0.181. The zero-order valence-corrected chi connectivity index (χ0v) is 12.6. The average molecular weight is 325 g/mol. The van der Waals surface area contributed by atoms with Crippen LogP contribution >= 0.6 is 0 Å². The number of aliphatic hydroxyl groups is 1. The third kappa shape index (κ3) is 5.64. The monoisotopic (exact) mass is 325 g/mol. The number of hydrogen-bond donors (Lipinski definition) is 1. The van der Waals surface area contributed by atoms with E-state index >= 15 is 0 Å². The van der Waals surface area contributed by atoms with Crippen molar-refractivity contribution in [3.8, 4) is 0 Å². The molecule has 0 saturated heterocycles. The van der Waals surface area contributed by atoms with E-state index in [1.54, 1.807) is 0 Å². The Morgan fingerprint density at radius 3 is 2.00 bits per heavy atom. The summed E-state index contributed by atoms with van der Waals surface area (Å²) in [5.74, 6) is -0.507. The first kappa shape index (κ1) is 17.9. The van der Waals surface area contributed by atoms with Gasteiger partial charge in [-0.15, -0.1) is 0 Å². The van der Waals surface area contributed by atoms with Crippen LogP contribution in [0, 0.1) is 0 Å². The number of hydrogen-bond acceptors (Lipinski definition) is 3. The van der Waals surface area contributed by atoms with Gasteiger partial charge in [0, 0.05) is 6.04 Å². The minimum atomic E-state index is -4.59. The molecule has 0 aliphatic rings. The molecule has 0 atom stereocenters. The quantitative estimate of drug-likeness (QED) is 0.873. The van der Waals surface area contributed by atoms with E-state index in [1.165, 1.54) is 38.1 Å². The molecular weight excluding hydrogens is 307 g/mol. The highest BCUT2D eigenvalue weighted by Gasteiger charge is 2.37. The van der Waals surface area contributed by atoms with Gasteiger partial charge >= 0.3 is 6.18 Å². The number of sulfonamides is 1. The Hall–Kier alpha value is -1.12. The van der Waals surface area contributed by atoms with E-state index in [-0.39, 0.29) is 6.61 Å². The summed E-state index contributed by atoms with van der Waals surface area (Å²) in [6, 6.07) is 5.25. The molecule has 1 aromatic carbocycles. The summed E-state index contributed by atoms with van der Waals surface area (Å²) in [6.45, 7) is 1.12. The van der Waals surface area contributed by atoms with Gasteiger partial charge in [0.2, 0.25) is 10.0 Å². The van der Waals surface area contributed by atoms with Crippen LogP contribution in [-0.2, 0) is 22.4 Å². The summed E-state index contributed by atoms with van der Waals surface area (Å²) in [7, 11) is -4.08. The Morgan fingerprint density at radius 1 is 1.14 bits per heavy atom. The molecule has 0 amide bonds. The maximum absolute atomic E-state index is 12.5. The van der Waals surface area contributed by atoms with Crippen molar-refractivity contribution in [1.82, 2.24) is 4.31 Å². The Kier molecular flexibility index (Phi) is 5.77. The second kappa shape index (κ2) is 6.76. The molecule has 0 fully saturated rings. The lowest BCUT2D eigenvalue weighted by Gasteiger charge is -2.26. The molecule has 8 heteroatoms. The van der Waals surface area contributed by atoms with E-state index in [0.29, 0.717) is 15.4 Å². The van der Waals surface area contributed by atoms with Crippen molar-refractivity contribution in [2.45, 2.75) is 38.4 Å². The predicted molar refractivity (Wildman–Crippen MR) is 72.9 cm³/mol. The molecule has 0 saturated carbocycles. The first-order valence-electron chi connectivity index (χ1n) is 6.30. The molecule has 21 heavy (non-hydrogen) atoms. The maximum atomic E-state index is 12.5. The Labute approximate surface area is 122 Å². The van der Waals surface area contributed by atoms with Crippen LogP contribution in [0.3, 0.4) is 0 Å². The van der Waals surface area contributed by atoms with Gasteiger partial charge in [-0.25, -0.2) is 8.42 Å². The number of alkyl halides is 3. The first-order chi connectivity index (χ1) is 9.55. The van der Waals surface area contributed by atoms with Crippen LogP contribution in [-0.4, -0.2) is 36.6 Å². The first-order valence-corrected chi connectivity index (χ1v) is 7.91. The molecule has 4 nitrogen and oxygen atoms in total. The number of aliphatic hydroxyl groups excluding tert-OH is 1. The zero-order valence-electron chi connectivity index (χ0n) is 11.8. The highest BCUT2D eigenvalue weighted by atomic mass is 32.2. The highest BCUT2D eigenvalue weighted by molar-refractivity contribution is 7.88. The van der Waals surface area contributed by atoms with Crippen LogP contribution in [0.4, 0.5) is 13.2 Å². The highest BCUT2D eigenvalue weighted by Crippen LogP contribution is 2.22. The van der Waals surface area contributed by atoms with Crippen molar-refractivity contribution in [1.29, 1.82) is 0 Å². The van der Waals surface area contributed by atoms with Gasteiger partial charge in [0.15, 0.2) is 0 Å². The molecule has 0 radical (unpaired) electrons. The van der Waals surface area contributed by atoms with Crippen LogP contribution < -0.4 is 0 Å². The molecule has 0 unspecified atom stereocenters. The summed E-state index contributed by atoms with van der Waals surface area (Å²) < 4.78 is 62.3. The van der Waals surface area contributed by atoms with Gasteiger partial charge in [-0.1, -0.05) is 24.3 Å². The van der Waals surface area contributed by atoms with E-state index in [1.807, 2.05) is 0 Å². The summed E-state index contributed by atoms with van der Waals surface area (Å²) in [5, 5.41) is 8.90. The van der Waals surface area contributed by atoms with E-state index < -0.39 is 34.5 Å². The Balaban J connectivity index is 2.95. The molecule has 1 aromatic rings. The topological polar surface area (TPSA) is 57.6 Å². The SMILES string of the molecule is CC(C)N(CC(F)(F)F)S(=O)(=O)Cc1ccc(CO)cc1. The molecule has 0 heterocycles. The molecule has 0 aliphatic heterocycles. The smallest absolute Gasteiger partial charge is 0.392 e. The molecule has 0 spiro atoms. The molecular formula is C13H18F3NO3S. The van der Waals surface area contributed by atoms with Gasteiger partial charge in [0.05, 0.1) is 12.4 Å². The molecule has 1 rings (SSSR count). The van der Waals surface area contributed by atoms with Crippen LogP contribution in [0.5, 0.6) is 0 Å². The normalized spacial score (nSPS) is 13.1. The van der Waals surface area contributed by atoms with Gasteiger partial charge in [0.25, 0.3) is 0 Å². The third-order valence-corrected chi connectivity index (χ3v) is 4.79. The van der Waals surface area contributed by atoms with Gasteiger partial charge in [-0.05, 0) is 25.0 Å². The zero-order chi connectivity index (χ0) is 16.3. The molecule has 0 aliphatic carbocycles. The van der Waals surface area contributed by atoms with Crippen molar-refractivity contribution >= 4 is 10.0 Å². The Bertz CT molecular complexity index is 553. The maximum Gasteiger partial charge on any atom is 0.402 e. The Morgan fingerprint density at radius 2 is 1.62 bits per heavy atom. The van der Waals surface area contributed by atoms with E-state index in [0.717, 1.165) is 0 Å². The summed E-state index contributed by atoms with van der Waals surface area (Å²) in [4.78, 5) is 0. The van der Waals surface area contributed by atoms with Crippen LogP contribution in [0.15, 0.2) is 24.3 Å². The lowest BCUT2D eigenvalue weighted by Crippen LogP contribution is -2.43. The van der Waals surface area contributed by atoms with Crippen molar-refractivity contribution in [3.05, 3.63) is 35.4 Å². The fourth-order valence-corrected chi connectivity index (χ4v) is 3.58. The summed E-state index contributed by atoms with van der Waals surface area (Å²) in [5.41, 5.74) is 0.979. The number of nitrogens with zero attached hydrogens (tertiary/aromatic N) is 1. The molecule has 1 N–H and O–H groups in total. The van der Waals surface area contributed by atoms with Crippen molar-refractivity contribution < 1.29 is 26.7 Å². The van der Waals surface area contributed by atoms with Crippen molar-refractivity contribution in [2.24, 2.45) is 0 Å². The van der Waals surface area contributed by atoms with Crippen molar-refractivity contribution in [2.75, 3.05) is 6.54 Å². The molecule has 0 aromatic heterocycles. The summed E-state index contributed by atoms with van der Waals surface area (Å²) in [6.07, 6.45) is -4.59. The second-order valence-electron chi connectivity index (χ2n) is 4.98. The third-order valence-electron chi connectivity index (χ3n) is 2.82. The predicted octanol–water partition coefficient (Wildman–Crippen LogP) is 2.28. The van der Waals surface area contributed by atoms with Gasteiger partial charge < -0.3 is 5.11 Å². The van der Waals surface area contributed by atoms with Crippen LogP contribution in [0.2, 0.25) is 0 Å². The van der Waals surface area contributed by atoms with E-state index in [4.69, 9.17) is 5.11 Å². The lowest BCUT2D eigenvalue weighted by molar-refractivity contribution is -0.138. The number of benzene rings is 1. The fraction of sp³-hybridized carbons (Fsp3) is 0.538. The molecule has 120 valence electrons. The summed E-state index contributed by atoms with van der Waals surface area (Å²) >= 11 is 0. The standard InChI is InChI=1S/C13H18F3NO3S/c1-10(2)17(9-13(14,15)16)21(19,20)8-12-5-3-11(7-18)4-6-12/h3-6,10,18H,7-9H2,1-2H3. The van der Waals surface area contributed by atoms with E-state index in [2.05, 4.69) is 0 Å². The van der Waals surface area contributed by atoms with Gasteiger partial charge in [0.1, 0.15) is 6.54 Å². The van der Waals surface area contributed by atoms with Crippen LogP contribution in [0.25, 0.3) is 0 Å². The average Bonchev–Trinajstić information content (AvgIpc) is 2.35.